The van der Waals surface area contributed by atoms with Gasteiger partial charge in [-0.3, -0.25) is 4.79 Å². The lowest BCUT2D eigenvalue weighted by Gasteiger charge is -1.94. The molecule has 0 amide bonds. The highest BCUT2D eigenvalue weighted by Crippen LogP contribution is 2.06. The second-order valence-corrected chi connectivity index (χ2v) is 3.28. The summed E-state index contributed by atoms with van der Waals surface area (Å²) in [6.45, 7) is 0.403. The van der Waals surface area contributed by atoms with Gasteiger partial charge in [0, 0.05) is 16.6 Å². The Hall–Kier alpha value is -1.68. The van der Waals surface area contributed by atoms with Gasteiger partial charge in [0.15, 0.2) is 12.7 Å². The molecule has 1 aromatic heterocycles. The molecule has 0 bridgehead atoms. The minimum absolute atomic E-state index is 0. The van der Waals surface area contributed by atoms with Crippen LogP contribution in [0.15, 0.2) is 36.5 Å². The summed E-state index contributed by atoms with van der Waals surface area (Å²) in [5, 5.41) is 13.9. The molecule has 2 rings (SSSR count). The number of aliphatic carboxylic acids is 1. The first-order chi connectivity index (χ1) is 7.25. The first-order valence-corrected chi connectivity index (χ1v) is 4.73. The second kappa shape index (κ2) is 5.42. The number of carboxylic acids is 1. The maximum Gasteiger partial charge on any atom is 0.309 e. The van der Waals surface area contributed by atoms with E-state index < -0.39 is 5.97 Å². The molecule has 5 heteroatoms. The molecular weight excluding hydrogens is 228 g/mol. The van der Waals surface area contributed by atoms with Crippen LogP contribution < -0.4 is 17.1 Å². The third-order valence-corrected chi connectivity index (χ3v) is 2.15. The highest BCUT2D eigenvalue weighted by Gasteiger charge is 2.07. The van der Waals surface area contributed by atoms with Gasteiger partial charge in [-0.25, -0.2) is 0 Å². The van der Waals surface area contributed by atoms with Crippen LogP contribution in [0, 0.1) is 0 Å². The van der Waals surface area contributed by atoms with Gasteiger partial charge in [-0.1, -0.05) is 22.9 Å². The van der Waals surface area contributed by atoms with Crippen LogP contribution >= 0.6 is 0 Å². The highest BCUT2D eigenvalue weighted by molar-refractivity contribution is 5.76. The molecule has 0 fully saturated rings. The van der Waals surface area contributed by atoms with Gasteiger partial charge in [-0.2, -0.15) is 0 Å². The van der Waals surface area contributed by atoms with Crippen LogP contribution in [0.4, 0.5) is 0 Å². The van der Waals surface area contributed by atoms with Crippen LogP contribution in [0.2, 0.25) is 0 Å². The molecule has 16 heavy (non-hydrogen) atoms. The van der Waals surface area contributed by atoms with Gasteiger partial charge in [-0.15, -0.1) is 0 Å². The fourth-order valence-electron chi connectivity index (χ4n) is 1.39. The quantitative estimate of drug-likeness (QED) is 0.630. The third kappa shape index (κ3) is 2.90. The zero-order chi connectivity index (χ0) is 10.7. The zero-order valence-corrected chi connectivity index (χ0v) is 9.26. The molecule has 1 N–H and O–H groups in total. The van der Waals surface area contributed by atoms with Crippen molar-refractivity contribution in [3.05, 3.63) is 36.5 Å². The van der Waals surface area contributed by atoms with E-state index in [0.29, 0.717) is 6.54 Å². The Balaban J connectivity index is 0.00000128. The molecule has 4 nitrogen and oxygen atoms in total. The summed E-state index contributed by atoms with van der Waals surface area (Å²) < 4.78 is 1.65. The molecule has 2 aromatic rings. The Kier molecular flexibility index (Phi) is 4.19. The van der Waals surface area contributed by atoms with Gasteiger partial charge in [0.2, 0.25) is 0 Å². The summed E-state index contributed by atoms with van der Waals surface area (Å²) in [6, 6.07) is 9.68. The predicted molar refractivity (Wildman–Crippen MR) is 54.2 cm³/mol. The molecule has 1 aromatic carbocycles. The number of hydrogen-bond donors (Lipinski definition) is 1. The van der Waals surface area contributed by atoms with Crippen molar-refractivity contribution >= 4 is 16.9 Å². The minimum Gasteiger partial charge on any atom is -1.00 e. The molecular formula is C11H11ClN2O2. The maximum absolute atomic E-state index is 10.4. The van der Waals surface area contributed by atoms with E-state index >= 15 is 0 Å². The van der Waals surface area contributed by atoms with Crippen LogP contribution in [-0.2, 0) is 11.3 Å². The first-order valence-electron chi connectivity index (χ1n) is 4.73. The third-order valence-electron chi connectivity index (χ3n) is 2.15. The van der Waals surface area contributed by atoms with E-state index in [1.807, 2.05) is 30.3 Å². The number of benzene rings is 1. The Morgan fingerprint density at radius 1 is 1.31 bits per heavy atom. The van der Waals surface area contributed by atoms with E-state index in [1.54, 1.807) is 10.9 Å². The lowest BCUT2D eigenvalue weighted by atomic mass is 10.2. The topological polar surface area (TPSA) is 54.1 Å². The normalized spacial score (nSPS) is 9.75. The van der Waals surface area contributed by atoms with Crippen molar-refractivity contribution in [2.45, 2.75) is 13.0 Å². The number of nitrogens with zero attached hydrogens (tertiary/aromatic N) is 2. The smallest absolute Gasteiger partial charge is 0.309 e. The first kappa shape index (κ1) is 12.4. The number of halogens is 1. The number of carbonyl (C=O) groups is 1. The molecule has 84 valence electrons. The van der Waals surface area contributed by atoms with Crippen LogP contribution in [0.3, 0.4) is 0 Å². The monoisotopic (exact) mass is 238 g/mol. The van der Waals surface area contributed by atoms with Gasteiger partial charge in [-0.05, 0) is 6.07 Å². The molecule has 1 heterocycles. The number of aryl methyl sites for hydroxylation is 1. The molecule has 0 spiro atoms. The molecule has 0 aliphatic carbocycles. The molecule has 0 unspecified atom stereocenters. The number of fused-ring (bicyclic) bond motifs is 1. The predicted octanol–water partition coefficient (Wildman–Crippen LogP) is -2.00. The zero-order valence-electron chi connectivity index (χ0n) is 8.51. The van der Waals surface area contributed by atoms with Crippen LogP contribution in [0.1, 0.15) is 6.42 Å². The summed E-state index contributed by atoms with van der Waals surface area (Å²) in [7, 11) is 0. The van der Waals surface area contributed by atoms with Crippen molar-refractivity contribution in [1.29, 1.82) is 0 Å². The Labute approximate surface area is 98.9 Å². The molecule has 0 aliphatic rings. The second-order valence-electron chi connectivity index (χ2n) is 3.28. The van der Waals surface area contributed by atoms with Gasteiger partial charge >= 0.3 is 5.97 Å². The van der Waals surface area contributed by atoms with Crippen LogP contribution in [0.25, 0.3) is 10.9 Å². The standard InChI is InChI=1S/C11H10N2O2.ClH/c14-11(15)6-8-13-7-5-9-3-1-2-4-10(9)12-13;/h1-5,7H,6,8H2;1H. The van der Waals surface area contributed by atoms with Crippen molar-refractivity contribution in [3.8, 4) is 0 Å². The van der Waals surface area contributed by atoms with Crippen LogP contribution in [0.5, 0.6) is 0 Å². The summed E-state index contributed by atoms with van der Waals surface area (Å²) in [5.41, 5.74) is 0.880. The van der Waals surface area contributed by atoms with Crippen molar-refractivity contribution in [1.82, 2.24) is 5.10 Å². The van der Waals surface area contributed by atoms with E-state index in [2.05, 4.69) is 5.10 Å². The lowest BCUT2D eigenvalue weighted by molar-refractivity contribution is -0.750. The average Bonchev–Trinajstić information content (AvgIpc) is 2.26. The molecule has 0 radical (unpaired) electrons. The fourth-order valence-corrected chi connectivity index (χ4v) is 1.39. The van der Waals surface area contributed by atoms with Gasteiger partial charge in [0.25, 0.3) is 0 Å². The van der Waals surface area contributed by atoms with Crippen molar-refractivity contribution < 1.29 is 27.0 Å². The summed E-state index contributed by atoms with van der Waals surface area (Å²) >= 11 is 0. The van der Waals surface area contributed by atoms with E-state index in [1.165, 1.54) is 0 Å². The molecule has 0 atom stereocenters. The number of carboxylic acid groups (broad SMARTS) is 1. The largest absolute Gasteiger partial charge is 1.00 e. The number of aromatic nitrogens is 2. The summed E-state index contributed by atoms with van der Waals surface area (Å²) in [5.74, 6) is -0.808. The van der Waals surface area contributed by atoms with E-state index in [4.69, 9.17) is 5.11 Å². The molecule has 0 aliphatic heterocycles. The average molecular weight is 239 g/mol. The Morgan fingerprint density at radius 3 is 2.81 bits per heavy atom. The maximum atomic E-state index is 10.4. The summed E-state index contributed by atoms with van der Waals surface area (Å²) in [4.78, 5) is 10.4. The molecule has 0 saturated carbocycles. The van der Waals surface area contributed by atoms with Gasteiger partial charge in [0.1, 0.15) is 11.9 Å². The SMILES string of the molecule is O=C(O)CC[n+]1ccc2ccccc2n1.[Cl-]. The van der Waals surface area contributed by atoms with Crippen molar-refractivity contribution in [3.63, 3.8) is 0 Å². The van der Waals surface area contributed by atoms with Crippen LogP contribution in [-0.4, -0.2) is 16.2 Å². The molecule has 0 saturated heterocycles. The fraction of sp³-hybridized carbons (Fsp3) is 0.182. The highest BCUT2D eigenvalue weighted by atomic mass is 35.5. The summed E-state index contributed by atoms with van der Waals surface area (Å²) in [6.07, 6.45) is 1.89. The van der Waals surface area contributed by atoms with E-state index in [-0.39, 0.29) is 18.8 Å². The van der Waals surface area contributed by atoms with Crippen molar-refractivity contribution in [2.75, 3.05) is 0 Å². The van der Waals surface area contributed by atoms with Gasteiger partial charge < -0.3 is 17.5 Å². The van der Waals surface area contributed by atoms with E-state index in [0.717, 1.165) is 10.9 Å². The van der Waals surface area contributed by atoms with E-state index in [9.17, 15) is 4.79 Å². The lowest BCUT2D eigenvalue weighted by Crippen LogP contribution is -3.00. The minimum atomic E-state index is -0.808. The number of hydrogen-bond acceptors (Lipinski definition) is 2. The number of rotatable bonds is 3. The Bertz CT molecular complexity index is 502. The van der Waals surface area contributed by atoms with Gasteiger partial charge in [0.05, 0.1) is 0 Å². The van der Waals surface area contributed by atoms with Crippen molar-refractivity contribution in [2.24, 2.45) is 0 Å². The Morgan fingerprint density at radius 2 is 2.06 bits per heavy atom.